The summed E-state index contributed by atoms with van der Waals surface area (Å²) < 4.78 is 17.9. The van der Waals surface area contributed by atoms with E-state index in [2.05, 4.69) is 28.6 Å². The zero-order chi connectivity index (χ0) is 9.98. The van der Waals surface area contributed by atoms with Gasteiger partial charge in [-0.25, -0.2) is 4.79 Å². The molecule has 5 nitrogen and oxygen atoms in total. The predicted molar refractivity (Wildman–Crippen MR) is 45.9 cm³/mol. The normalized spacial score (nSPS) is 9.42. The Kier molecular flexibility index (Phi) is 12.0. The topological polar surface area (TPSA) is 78.6 Å². The van der Waals surface area contributed by atoms with E-state index in [0.29, 0.717) is 0 Å². The van der Waals surface area contributed by atoms with Crippen molar-refractivity contribution in [2.75, 3.05) is 7.11 Å². The van der Waals surface area contributed by atoms with E-state index < -0.39 is 14.3 Å². The average Bonchev–Trinajstić information content (AvgIpc) is 2.04. The van der Waals surface area contributed by atoms with Crippen molar-refractivity contribution in [1.29, 1.82) is 0 Å². The number of hydrogen-bond acceptors (Lipinski definition) is 4. The SMILES string of the molecule is CCCC.CO[P+](=O)OC(N)=O. The van der Waals surface area contributed by atoms with Gasteiger partial charge in [-0.05, 0) is 0 Å². The molecule has 1 amide bonds. The molecule has 0 aliphatic carbocycles. The van der Waals surface area contributed by atoms with E-state index in [4.69, 9.17) is 0 Å². The Morgan fingerprint density at radius 3 is 1.92 bits per heavy atom. The highest BCUT2D eigenvalue weighted by molar-refractivity contribution is 7.33. The molecule has 6 heteroatoms. The maximum Gasteiger partial charge on any atom is 0.754 e. The number of amides is 1. The number of unbranched alkanes of at least 4 members (excludes halogenated alkanes) is 1. The summed E-state index contributed by atoms with van der Waals surface area (Å²) in [4.78, 5) is 9.70. The molecule has 12 heavy (non-hydrogen) atoms. The lowest BCUT2D eigenvalue weighted by Gasteiger charge is -1.76. The lowest BCUT2D eigenvalue weighted by molar-refractivity contribution is 0.204. The number of rotatable bonds is 3. The molecule has 0 aromatic rings. The quantitative estimate of drug-likeness (QED) is 0.701. The summed E-state index contributed by atoms with van der Waals surface area (Å²) in [6.45, 7) is 4.36. The molecule has 2 N–H and O–H groups in total. The van der Waals surface area contributed by atoms with Crippen molar-refractivity contribution < 1.29 is 18.4 Å². The minimum atomic E-state index is -2.34. The fourth-order valence-electron chi connectivity index (χ4n) is 0.111. The van der Waals surface area contributed by atoms with Crippen LogP contribution in [0, 0.1) is 0 Å². The van der Waals surface area contributed by atoms with E-state index in [1.165, 1.54) is 12.8 Å². The van der Waals surface area contributed by atoms with Gasteiger partial charge in [-0.3, -0.25) is 0 Å². The smallest absolute Gasteiger partial charge is 0.331 e. The lowest BCUT2D eigenvalue weighted by Crippen LogP contribution is -2.08. The largest absolute Gasteiger partial charge is 0.754 e. The van der Waals surface area contributed by atoms with Crippen LogP contribution in [0.5, 0.6) is 0 Å². The Labute approximate surface area is 73.2 Å². The maximum atomic E-state index is 10.0. The molecule has 0 rings (SSSR count). The highest BCUT2D eigenvalue weighted by atomic mass is 31.1. The third-order valence-corrected chi connectivity index (χ3v) is 1.44. The molecule has 0 spiro atoms. The highest BCUT2D eigenvalue weighted by Gasteiger charge is 2.20. The molecule has 0 aliphatic heterocycles. The third kappa shape index (κ3) is 16.2. The first-order valence-electron chi connectivity index (χ1n) is 3.57. The molecule has 0 saturated heterocycles. The Hall–Kier alpha value is -0.670. The fourth-order valence-corrected chi connectivity index (χ4v) is 0.332. The molecule has 1 unspecified atom stereocenters. The second kappa shape index (κ2) is 10.3. The molecule has 0 aromatic carbocycles. The standard InChI is InChI=1S/C4H10.C2H4NO4P/c1-3-4-2;1-6-8(5)7-2(3)4/h3-4H2,1-2H3;1H3,(H-,3,4)/p+1. The summed E-state index contributed by atoms with van der Waals surface area (Å²) in [6.07, 6.45) is 1.54. The number of carbonyl (C=O) groups is 1. The lowest BCUT2D eigenvalue weighted by atomic mass is 10.4. The molecule has 0 aliphatic rings. The number of carbonyl (C=O) groups excluding carboxylic acids is 1. The highest BCUT2D eigenvalue weighted by Crippen LogP contribution is 2.20. The zero-order valence-corrected chi connectivity index (χ0v) is 8.47. The van der Waals surface area contributed by atoms with Gasteiger partial charge in [0.2, 0.25) is 0 Å². The van der Waals surface area contributed by atoms with Gasteiger partial charge in [0.15, 0.2) is 0 Å². The Bertz CT molecular complexity index is 138. The summed E-state index contributed by atoms with van der Waals surface area (Å²) in [6, 6.07) is 0. The summed E-state index contributed by atoms with van der Waals surface area (Å²) in [5.41, 5.74) is 4.44. The molecule has 1 atom stereocenters. The molecule has 0 aromatic heterocycles. The van der Waals surface area contributed by atoms with Crippen LogP contribution in [0.25, 0.3) is 0 Å². The van der Waals surface area contributed by atoms with Crippen LogP contribution in [0.1, 0.15) is 26.7 Å². The Morgan fingerprint density at radius 2 is 1.83 bits per heavy atom. The van der Waals surface area contributed by atoms with Gasteiger partial charge < -0.3 is 5.73 Å². The number of hydrogen-bond donors (Lipinski definition) is 1. The second-order valence-electron chi connectivity index (χ2n) is 1.82. The van der Waals surface area contributed by atoms with Gasteiger partial charge in [0.1, 0.15) is 0 Å². The molecule has 0 bridgehead atoms. The van der Waals surface area contributed by atoms with E-state index in [0.717, 1.165) is 7.11 Å². The van der Waals surface area contributed by atoms with Gasteiger partial charge in [0.05, 0.1) is 7.11 Å². The van der Waals surface area contributed by atoms with Crippen LogP contribution in [0.4, 0.5) is 4.79 Å². The van der Waals surface area contributed by atoms with Gasteiger partial charge in [-0.1, -0.05) is 26.7 Å². The van der Waals surface area contributed by atoms with Crippen molar-refractivity contribution in [2.24, 2.45) is 5.73 Å². The van der Waals surface area contributed by atoms with Crippen molar-refractivity contribution in [3.05, 3.63) is 0 Å². The first kappa shape index (κ1) is 13.9. The van der Waals surface area contributed by atoms with Crippen molar-refractivity contribution in [2.45, 2.75) is 26.7 Å². The monoisotopic (exact) mass is 196 g/mol. The van der Waals surface area contributed by atoms with E-state index >= 15 is 0 Å². The van der Waals surface area contributed by atoms with E-state index in [9.17, 15) is 9.36 Å². The third-order valence-electron chi connectivity index (χ3n) is 0.814. The first-order chi connectivity index (χ1) is 5.58. The summed E-state index contributed by atoms with van der Waals surface area (Å²) >= 11 is 0. The van der Waals surface area contributed by atoms with E-state index in [1.807, 2.05) is 0 Å². The van der Waals surface area contributed by atoms with Crippen LogP contribution >= 0.6 is 8.25 Å². The van der Waals surface area contributed by atoms with Crippen molar-refractivity contribution >= 4 is 14.3 Å². The summed E-state index contributed by atoms with van der Waals surface area (Å²) in [5.74, 6) is 0. The molecule has 72 valence electrons. The summed E-state index contributed by atoms with van der Waals surface area (Å²) in [7, 11) is -1.20. The van der Waals surface area contributed by atoms with Crippen LogP contribution in [0.2, 0.25) is 0 Å². The van der Waals surface area contributed by atoms with Crippen molar-refractivity contribution in [1.82, 2.24) is 0 Å². The van der Waals surface area contributed by atoms with Crippen molar-refractivity contribution in [3.8, 4) is 0 Å². The molecule has 0 heterocycles. The van der Waals surface area contributed by atoms with Crippen LogP contribution in [-0.4, -0.2) is 13.2 Å². The van der Waals surface area contributed by atoms with Gasteiger partial charge >= 0.3 is 14.3 Å². The van der Waals surface area contributed by atoms with Gasteiger partial charge in [0.25, 0.3) is 0 Å². The van der Waals surface area contributed by atoms with E-state index in [-0.39, 0.29) is 0 Å². The minimum absolute atomic E-state index is 1.10. The van der Waals surface area contributed by atoms with E-state index in [1.54, 1.807) is 0 Å². The van der Waals surface area contributed by atoms with Crippen LogP contribution in [0.3, 0.4) is 0 Å². The van der Waals surface area contributed by atoms with Crippen LogP contribution in [-0.2, 0) is 13.6 Å². The number of nitrogens with two attached hydrogens (primary N) is 1. The predicted octanol–water partition coefficient (Wildman–Crippen LogP) is 2.19. The fraction of sp³-hybridized carbons (Fsp3) is 0.833. The summed E-state index contributed by atoms with van der Waals surface area (Å²) in [5, 5.41) is 0. The molecule has 0 saturated carbocycles. The molecular weight excluding hydrogens is 181 g/mol. The molecule has 0 radical (unpaired) electrons. The van der Waals surface area contributed by atoms with Crippen molar-refractivity contribution in [3.63, 3.8) is 0 Å². The van der Waals surface area contributed by atoms with Crippen LogP contribution in [0.15, 0.2) is 0 Å². The molecular formula is C6H15NO4P+. The van der Waals surface area contributed by atoms with Crippen LogP contribution < -0.4 is 5.73 Å². The minimum Gasteiger partial charge on any atom is -0.331 e. The Morgan fingerprint density at radius 1 is 1.42 bits per heavy atom. The first-order valence-corrected chi connectivity index (χ1v) is 4.66. The molecule has 0 fully saturated rings. The average molecular weight is 196 g/mol. The van der Waals surface area contributed by atoms with Gasteiger partial charge in [-0.15, -0.1) is 4.52 Å². The van der Waals surface area contributed by atoms with Gasteiger partial charge in [0, 0.05) is 4.57 Å². The Balaban J connectivity index is 0. The number of primary amides is 1. The van der Waals surface area contributed by atoms with Gasteiger partial charge in [-0.2, -0.15) is 4.52 Å². The maximum absolute atomic E-state index is 10.0. The zero-order valence-electron chi connectivity index (χ0n) is 7.57. The second-order valence-corrected chi connectivity index (χ2v) is 2.81.